The number of rotatable bonds is 4. The van der Waals surface area contributed by atoms with Crippen molar-refractivity contribution in [2.75, 3.05) is 26.7 Å². The number of hydrogen-bond donors (Lipinski definition) is 1. The molecule has 0 radical (unpaired) electrons. The molecule has 1 aliphatic rings. The molecule has 2 N–H and O–H groups in total. The molecule has 3 heteroatoms. The van der Waals surface area contributed by atoms with Gasteiger partial charge in [-0.05, 0) is 12.8 Å². The molecule has 1 aliphatic heterocycles. The largest absolute Gasteiger partial charge is 0.380 e. The van der Waals surface area contributed by atoms with Crippen LogP contribution >= 0.6 is 0 Å². The summed E-state index contributed by atoms with van der Waals surface area (Å²) in [5.41, 5.74) is 5.67. The van der Waals surface area contributed by atoms with Gasteiger partial charge in [-0.2, -0.15) is 0 Å². The van der Waals surface area contributed by atoms with E-state index in [1.807, 2.05) is 0 Å². The average Bonchev–Trinajstić information content (AvgIpc) is 2.55. The van der Waals surface area contributed by atoms with Crippen LogP contribution in [0.1, 0.15) is 19.8 Å². The van der Waals surface area contributed by atoms with E-state index in [0.717, 1.165) is 32.5 Å². The number of methoxy groups -OCH3 is 1. The van der Waals surface area contributed by atoms with Gasteiger partial charge >= 0.3 is 0 Å². The van der Waals surface area contributed by atoms with Crippen LogP contribution < -0.4 is 5.73 Å². The number of likely N-dealkylation sites (tertiary alicyclic amines) is 1. The van der Waals surface area contributed by atoms with Gasteiger partial charge in [0.25, 0.3) is 0 Å². The molecule has 3 nitrogen and oxygen atoms in total. The topological polar surface area (TPSA) is 38.5 Å². The molecule has 1 rings (SSSR count). The van der Waals surface area contributed by atoms with Crippen LogP contribution in [-0.2, 0) is 4.74 Å². The molecule has 1 saturated heterocycles. The van der Waals surface area contributed by atoms with Crippen molar-refractivity contribution in [3.8, 4) is 0 Å². The zero-order valence-corrected chi connectivity index (χ0v) is 8.12. The molecule has 0 aromatic rings. The summed E-state index contributed by atoms with van der Waals surface area (Å²) < 4.78 is 5.30. The molecule has 12 heavy (non-hydrogen) atoms. The molecule has 2 atom stereocenters. The van der Waals surface area contributed by atoms with Crippen LogP contribution in [0.4, 0.5) is 0 Å². The van der Waals surface area contributed by atoms with Gasteiger partial charge < -0.3 is 10.5 Å². The number of nitrogens with zero attached hydrogens (tertiary/aromatic N) is 1. The predicted molar refractivity (Wildman–Crippen MR) is 50.1 cm³/mol. The molecule has 0 amide bonds. The zero-order chi connectivity index (χ0) is 8.97. The van der Waals surface area contributed by atoms with Gasteiger partial charge in [0.1, 0.15) is 0 Å². The van der Waals surface area contributed by atoms with Crippen molar-refractivity contribution >= 4 is 0 Å². The lowest BCUT2D eigenvalue weighted by atomic mass is 10.2. The zero-order valence-electron chi connectivity index (χ0n) is 8.12. The van der Waals surface area contributed by atoms with Gasteiger partial charge in [0.2, 0.25) is 0 Å². The first-order valence-corrected chi connectivity index (χ1v) is 4.78. The van der Waals surface area contributed by atoms with Crippen LogP contribution in [0.2, 0.25) is 0 Å². The van der Waals surface area contributed by atoms with E-state index >= 15 is 0 Å². The molecule has 72 valence electrons. The van der Waals surface area contributed by atoms with Gasteiger partial charge in [-0.1, -0.05) is 6.92 Å². The Morgan fingerprint density at radius 2 is 2.42 bits per heavy atom. The summed E-state index contributed by atoms with van der Waals surface area (Å²) in [5.74, 6) is 0. The van der Waals surface area contributed by atoms with E-state index in [2.05, 4.69) is 11.8 Å². The van der Waals surface area contributed by atoms with Crippen LogP contribution in [0.15, 0.2) is 0 Å². The van der Waals surface area contributed by atoms with E-state index in [-0.39, 0.29) is 0 Å². The lowest BCUT2D eigenvalue weighted by Gasteiger charge is -2.24. The van der Waals surface area contributed by atoms with Gasteiger partial charge in [-0.15, -0.1) is 0 Å². The highest BCUT2D eigenvalue weighted by Gasteiger charge is 2.26. The van der Waals surface area contributed by atoms with Gasteiger partial charge in [0.05, 0.1) is 6.10 Å². The minimum Gasteiger partial charge on any atom is -0.380 e. The molecule has 1 heterocycles. The van der Waals surface area contributed by atoms with Crippen molar-refractivity contribution in [1.82, 2.24) is 4.90 Å². The summed E-state index contributed by atoms with van der Waals surface area (Å²) in [7, 11) is 1.79. The van der Waals surface area contributed by atoms with Crippen LogP contribution in [0.25, 0.3) is 0 Å². The SMILES string of the molecule is CCC(CN)N1CCC(OC)C1. The van der Waals surface area contributed by atoms with Gasteiger partial charge in [-0.25, -0.2) is 0 Å². The maximum absolute atomic E-state index is 5.67. The quantitative estimate of drug-likeness (QED) is 0.669. The van der Waals surface area contributed by atoms with E-state index in [0.29, 0.717) is 12.1 Å². The fourth-order valence-electron chi connectivity index (χ4n) is 1.85. The highest BCUT2D eigenvalue weighted by molar-refractivity contribution is 4.81. The summed E-state index contributed by atoms with van der Waals surface area (Å²) in [5, 5.41) is 0. The van der Waals surface area contributed by atoms with Gasteiger partial charge in [0.15, 0.2) is 0 Å². The predicted octanol–water partition coefficient (Wildman–Crippen LogP) is 0.444. The third-order valence-electron chi connectivity index (χ3n) is 2.77. The van der Waals surface area contributed by atoms with E-state index in [1.165, 1.54) is 0 Å². The summed E-state index contributed by atoms with van der Waals surface area (Å²) in [6.45, 7) is 5.17. The van der Waals surface area contributed by atoms with Crippen molar-refractivity contribution in [2.24, 2.45) is 5.73 Å². The molecular formula is C9H20N2O. The van der Waals surface area contributed by atoms with Crippen LogP contribution in [0.5, 0.6) is 0 Å². The Balaban J connectivity index is 2.34. The third kappa shape index (κ3) is 2.19. The third-order valence-corrected chi connectivity index (χ3v) is 2.77. The maximum atomic E-state index is 5.67. The Labute approximate surface area is 74.9 Å². The van der Waals surface area contributed by atoms with Crippen molar-refractivity contribution in [1.29, 1.82) is 0 Å². The molecule has 0 spiro atoms. The highest BCUT2D eigenvalue weighted by Crippen LogP contribution is 2.15. The summed E-state index contributed by atoms with van der Waals surface area (Å²) in [6, 6.07) is 0.560. The molecule has 0 aromatic carbocycles. The lowest BCUT2D eigenvalue weighted by Crippen LogP contribution is -2.39. The van der Waals surface area contributed by atoms with E-state index in [4.69, 9.17) is 10.5 Å². The van der Waals surface area contributed by atoms with Crippen molar-refractivity contribution in [3.63, 3.8) is 0 Å². The Morgan fingerprint density at radius 3 is 2.83 bits per heavy atom. The summed E-state index contributed by atoms with van der Waals surface area (Å²) in [4.78, 5) is 2.44. The minimum atomic E-state index is 0.436. The monoisotopic (exact) mass is 172 g/mol. The van der Waals surface area contributed by atoms with Crippen LogP contribution in [0, 0.1) is 0 Å². The second kappa shape index (κ2) is 4.80. The molecule has 2 unspecified atom stereocenters. The first-order chi connectivity index (χ1) is 5.81. The second-order valence-corrected chi connectivity index (χ2v) is 3.44. The van der Waals surface area contributed by atoms with Gasteiger partial charge in [-0.3, -0.25) is 4.90 Å². The van der Waals surface area contributed by atoms with Crippen LogP contribution in [-0.4, -0.2) is 43.8 Å². The van der Waals surface area contributed by atoms with E-state index < -0.39 is 0 Å². The molecular weight excluding hydrogens is 152 g/mol. The summed E-state index contributed by atoms with van der Waals surface area (Å²) in [6.07, 6.45) is 2.74. The second-order valence-electron chi connectivity index (χ2n) is 3.44. The smallest absolute Gasteiger partial charge is 0.0710 e. The minimum absolute atomic E-state index is 0.436. The van der Waals surface area contributed by atoms with Crippen molar-refractivity contribution in [2.45, 2.75) is 31.9 Å². The first-order valence-electron chi connectivity index (χ1n) is 4.78. The Hall–Kier alpha value is -0.120. The Kier molecular flexibility index (Phi) is 3.98. The molecule has 1 fully saturated rings. The Morgan fingerprint density at radius 1 is 1.67 bits per heavy atom. The fraction of sp³-hybridized carbons (Fsp3) is 1.00. The molecule has 0 aromatic heterocycles. The normalized spacial score (nSPS) is 27.8. The summed E-state index contributed by atoms with van der Waals surface area (Å²) >= 11 is 0. The first kappa shape index (κ1) is 9.96. The van der Waals surface area contributed by atoms with Crippen molar-refractivity contribution in [3.05, 3.63) is 0 Å². The standard InChI is InChI=1S/C9H20N2O/c1-3-8(6-10)11-5-4-9(7-11)12-2/h8-9H,3-7,10H2,1-2H3. The van der Waals surface area contributed by atoms with E-state index in [1.54, 1.807) is 7.11 Å². The number of nitrogens with two attached hydrogens (primary N) is 1. The number of ether oxygens (including phenoxy) is 1. The Bertz CT molecular complexity index is 126. The van der Waals surface area contributed by atoms with E-state index in [9.17, 15) is 0 Å². The number of hydrogen-bond acceptors (Lipinski definition) is 3. The fourth-order valence-corrected chi connectivity index (χ4v) is 1.85. The molecule has 0 bridgehead atoms. The highest BCUT2D eigenvalue weighted by atomic mass is 16.5. The van der Waals surface area contributed by atoms with Gasteiger partial charge in [0, 0.05) is 32.8 Å². The van der Waals surface area contributed by atoms with Crippen LogP contribution in [0.3, 0.4) is 0 Å². The average molecular weight is 172 g/mol. The molecule has 0 aliphatic carbocycles. The maximum Gasteiger partial charge on any atom is 0.0710 e. The lowest BCUT2D eigenvalue weighted by molar-refractivity contribution is 0.101. The van der Waals surface area contributed by atoms with Crippen molar-refractivity contribution < 1.29 is 4.74 Å². The molecule has 0 saturated carbocycles.